The van der Waals surface area contributed by atoms with Crippen LogP contribution in [0.2, 0.25) is 0 Å². The summed E-state index contributed by atoms with van der Waals surface area (Å²) in [6.07, 6.45) is 4.71. The van der Waals surface area contributed by atoms with Crippen molar-refractivity contribution in [3.8, 4) is 0 Å². The van der Waals surface area contributed by atoms with Gasteiger partial charge in [-0.1, -0.05) is 12.1 Å². The topological polar surface area (TPSA) is 30.9 Å². The molecule has 1 fully saturated rings. The Morgan fingerprint density at radius 3 is 2.69 bits per heavy atom. The first-order valence-corrected chi connectivity index (χ1v) is 11.1. The van der Waals surface area contributed by atoms with Crippen molar-refractivity contribution >= 4 is 17.7 Å². The Hall–Kier alpha value is -1.20. The highest BCUT2D eigenvalue weighted by Crippen LogP contribution is 2.19. The smallest absolute Gasteiger partial charge is 0.193 e. The Labute approximate surface area is 164 Å². The molecule has 0 aromatic heterocycles. The molecule has 0 bridgehead atoms. The molecule has 0 saturated carbocycles. The molecule has 1 aromatic rings. The molecule has 1 heterocycles. The van der Waals surface area contributed by atoms with E-state index in [9.17, 15) is 0 Å². The lowest BCUT2D eigenvalue weighted by atomic mass is 9.97. The summed E-state index contributed by atoms with van der Waals surface area (Å²) in [7, 11) is 2.13. The van der Waals surface area contributed by atoms with Crippen LogP contribution in [0.25, 0.3) is 0 Å². The number of benzene rings is 1. The molecule has 26 heavy (non-hydrogen) atoms. The number of rotatable bonds is 7. The molecule has 1 aliphatic heterocycles. The van der Waals surface area contributed by atoms with Gasteiger partial charge in [-0.25, -0.2) is 0 Å². The molecule has 1 aromatic carbocycles. The van der Waals surface area contributed by atoms with Crippen molar-refractivity contribution in [3.63, 3.8) is 0 Å². The van der Waals surface area contributed by atoms with E-state index in [2.05, 4.69) is 73.5 Å². The number of nitrogens with zero attached hydrogens (tertiary/aromatic N) is 3. The van der Waals surface area contributed by atoms with Gasteiger partial charge in [0.2, 0.25) is 0 Å². The molecule has 0 aliphatic carbocycles. The molecular weight excluding hydrogens is 340 g/mol. The van der Waals surface area contributed by atoms with Crippen molar-refractivity contribution in [2.45, 2.75) is 51.1 Å². The van der Waals surface area contributed by atoms with Gasteiger partial charge >= 0.3 is 0 Å². The first kappa shape index (κ1) is 21.1. The minimum Gasteiger partial charge on any atom is -0.357 e. The summed E-state index contributed by atoms with van der Waals surface area (Å²) in [6.45, 7) is 11.8. The van der Waals surface area contributed by atoms with Gasteiger partial charge in [0.15, 0.2) is 5.96 Å². The van der Waals surface area contributed by atoms with Gasteiger partial charge in [-0.3, -0.25) is 4.99 Å². The standard InChI is InChI=1S/C21H36N4S/c1-6-22-21(23-14-19-8-7-13-25(16-19)17(2)3)24(4)15-18-9-11-20(26-5)12-10-18/h9-12,17,19H,6-8,13-16H2,1-5H3,(H,22,23). The highest BCUT2D eigenvalue weighted by molar-refractivity contribution is 7.98. The third-order valence-electron chi connectivity index (χ3n) is 5.06. The quantitative estimate of drug-likeness (QED) is 0.444. The minimum atomic E-state index is 0.641. The number of guanidine groups is 1. The summed E-state index contributed by atoms with van der Waals surface area (Å²) >= 11 is 1.78. The summed E-state index contributed by atoms with van der Waals surface area (Å²) < 4.78 is 0. The highest BCUT2D eigenvalue weighted by Gasteiger charge is 2.21. The highest BCUT2D eigenvalue weighted by atomic mass is 32.2. The van der Waals surface area contributed by atoms with E-state index >= 15 is 0 Å². The summed E-state index contributed by atoms with van der Waals surface area (Å²) in [5.41, 5.74) is 1.32. The van der Waals surface area contributed by atoms with E-state index in [0.717, 1.165) is 25.6 Å². The fraction of sp³-hybridized carbons (Fsp3) is 0.667. The van der Waals surface area contributed by atoms with Crippen LogP contribution in [0.4, 0.5) is 0 Å². The average Bonchev–Trinajstić information content (AvgIpc) is 2.65. The number of hydrogen-bond acceptors (Lipinski definition) is 3. The summed E-state index contributed by atoms with van der Waals surface area (Å²) in [5, 5.41) is 3.46. The van der Waals surface area contributed by atoms with Crippen LogP contribution < -0.4 is 5.32 Å². The van der Waals surface area contributed by atoms with Crippen LogP contribution in [-0.2, 0) is 6.54 Å². The monoisotopic (exact) mass is 376 g/mol. The zero-order chi connectivity index (χ0) is 18.9. The first-order chi connectivity index (χ1) is 12.5. The van der Waals surface area contributed by atoms with Gasteiger partial charge in [0.05, 0.1) is 0 Å². The van der Waals surface area contributed by atoms with Crippen LogP contribution in [0, 0.1) is 5.92 Å². The molecule has 1 unspecified atom stereocenters. The second kappa shape index (κ2) is 10.8. The lowest BCUT2D eigenvalue weighted by Crippen LogP contribution is -2.42. The molecule has 1 atom stereocenters. The van der Waals surface area contributed by atoms with Crippen molar-refractivity contribution in [2.24, 2.45) is 10.9 Å². The summed E-state index contributed by atoms with van der Waals surface area (Å²) in [6, 6.07) is 9.46. The van der Waals surface area contributed by atoms with Gasteiger partial charge in [-0.15, -0.1) is 11.8 Å². The van der Waals surface area contributed by atoms with E-state index in [1.807, 2.05) is 0 Å². The van der Waals surface area contributed by atoms with Gasteiger partial charge in [0, 0.05) is 44.2 Å². The van der Waals surface area contributed by atoms with Crippen molar-refractivity contribution in [2.75, 3.05) is 39.5 Å². The van der Waals surface area contributed by atoms with E-state index in [4.69, 9.17) is 4.99 Å². The normalized spacial score (nSPS) is 19.0. The number of hydrogen-bond donors (Lipinski definition) is 1. The Balaban J connectivity index is 1.95. The van der Waals surface area contributed by atoms with Gasteiger partial charge < -0.3 is 15.1 Å². The average molecular weight is 377 g/mol. The fourth-order valence-corrected chi connectivity index (χ4v) is 3.89. The number of piperidine rings is 1. The van der Waals surface area contributed by atoms with Crippen molar-refractivity contribution in [1.82, 2.24) is 15.1 Å². The Bertz CT molecular complexity index is 556. The van der Waals surface area contributed by atoms with Crippen LogP contribution in [0.3, 0.4) is 0 Å². The molecule has 0 spiro atoms. The Morgan fingerprint density at radius 1 is 1.35 bits per heavy atom. The van der Waals surface area contributed by atoms with Gasteiger partial charge in [0.25, 0.3) is 0 Å². The largest absolute Gasteiger partial charge is 0.357 e. The number of aliphatic imine (C=N–C) groups is 1. The van der Waals surface area contributed by atoms with Crippen molar-refractivity contribution in [1.29, 1.82) is 0 Å². The maximum atomic E-state index is 4.96. The van der Waals surface area contributed by atoms with E-state index in [-0.39, 0.29) is 0 Å². The molecule has 0 radical (unpaired) electrons. The van der Waals surface area contributed by atoms with Crippen molar-refractivity contribution < 1.29 is 0 Å². The minimum absolute atomic E-state index is 0.641. The second-order valence-electron chi connectivity index (χ2n) is 7.50. The molecule has 4 nitrogen and oxygen atoms in total. The molecule has 1 saturated heterocycles. The van der Waals surface area contributed by atoms with Crippen LogP contribution in [0.15, 0.2) is 34.2 Å². The third-order valence-corrected chi connectivity index (χ3v) is 5.80. The molecule has 2 rings (SSSR count). The van der Waals surface area contributed by atoms with E-state index in [1.54, 1.807) is 11.8 Å². The van der Waals surface area contributed by atoms with Crippen molar-refractivity contribution in [3.05, 3.63) is 29.8 Å². The third kappa shape index (κ3) is 6.51. The lowest BCUT2D eigenvalue weighted by molar-refractivity contribution is 0.143. The summed E-state index contributed by atoms with van der Waals surface area (Å²) in [4.78, 5) is 11.1. The van der Waals surface area contributed by atoms with Crippen LogP contribution in [0.1, 0.15) is 39.2 Å². The maximum Gasteiger partial charge on any atom is 0.193 e. The van der Waals surface area contributed by atoms with Crippen LogP contribution >= 0.6 is 11.8 Å². The zero-order valence-corrected chi connectivity index (χ0v) is 18.0. The molecular formula is C21H36N4S. The molecule has 0 amide bonds. The summed E-state index contributed by atoms with van der Waals surface area (Å²) in [5.74, 6) is 1.69. The molecule has 5 heteroatoms. The Morgan fingerprint density at radius 2 is 2.08 bits per heavy atom. The SMILES string of the molecule is CCNC(=NCC1CCCN(C(C)C)C1)N(C)Cc1ccc(SC)cc1. The molecule has 1 N–H and O–H groups in total. The number of thioether (sulfide) groups is 1. The van der Waals surface area contributed by atoms with E-state index in [0.29, 0.717) is 12.0 Å². The van der Waals surface area contributed by atoms with Gasteiger partial charge in [-0.2, -0.15) is 0 Å². The zero-order valence-electron chi connectivity index (χ0n) is 17.2. The fourth-order valence-electron chi connectivity index (χ4n) is 3.48. The second-order valence-corrected chi connectivity index (χ2v) is 8.38. The maximum absolute atomic E-state index is 4.96. The van der Waals surface area contributed by atoms with Crippen LogP contribution in [0.5, 0.6) is 0 Å². The predicted molar refractivity (Wildman–Crippen MR) is 115 cm³/mol. The molecule has 146 valence electrons. The predicted octanol–water partition coefficient (Wildman–Crippen LogP) is 3.93. The Kier molecular flexibility index (Phi) is 8.79. The number of likely N-dealkylation sites (tertiary alicyclic amines) is 1. The van der Waals surface area contributed by atoms with E-state index < -0.39 is 0 Å². The van der Waals surface area contributed by atoms with Crippen LogP contribution in [-0.4, -0.2) is 61.3 Å². The van der Waals surface area contributed by atoms with Gasteiger partial charge in [0.1, 0.15) is 0 Å². The van der Waals surface area contributed by atoms with Gasteiger partial charge in [-0.05, 0) is 70.0 Å². The van der Waals surface area contributed by atoms with E-state index in [1.165, 1.54) is 36.4 Å². The first-order valence-electron chi connectivity index (χ1n) is 9.89. The lowest BCUT2D eigenvalue weighted by Gasteiger charge is -2.35. The number of nitrogens with one attached hydrogen (secondary N) is 1. The molecule has 1 aliphatic rings.